The number of nitrogens with one attached hydrogen (secondary N) is 1. The van der Waals surface area contributed by atoms with Gasteiger partial charge in [-0.05, 0) is 24.3 Å². The maximum absolute atomic E-state index is 13.5. The van der Waals surface area contributed by atoms with Gasteiger partial charge >= 0.3 is 0 Å². The molecule has 1 aromatic heterocycles. The summed E-state index contributed by atoms with van der Waals surface area (Å²) in [5.74, 6) is -0.268. The molecule has 92 valence electrons. The van der Waals surface area contributed by atoms with Gasteiger partial charge in [-0.1, -0.05) is 15.9 Å². The molecule has 0 bridgehead atoms. The summed E-state index contributed by atoms with van der Waals surface area (Å²) in [4.78, 5) is 0.465. The molecule has 3 nitrogen and oxygen atoms in total. The molecule has 0 unspecified atom stereocenters. The smallest absolute Gasteiger partial charge is 0.129 e. The van der Waals surface area contributed by atoms with Crippen LogP contribution in [0.2, 0.25) is 0 Å². The Morgan fingerprint density at radius 1 is 1.44 bits per heavy atom. The molecule has 0 spiro atoms. The minimum absolute atomic E-state index is 0.268. The van der Waals surface area contributed by atoms with E-state index < -0.39 is 0 Å². The van der Waals surface area contributed by atoms with E-state index in [0.29, 0.717) is 22.7 Å². The first kappa shape index (κ1) is 12.9. The highest BCUT2D eigenvalue weighted by Crippen LogP contribution is 2.29. The van der Waals surface area contributed by atoms with E-state index in [1.165, 1.54) is 17.4 Å². The Morgan fingerprint density at radius 3 is 2.89 bits per heavy atom. The second-order valence-electron chi connectivity index (χ2n) is 3.60. The number of nitrogens with two attached hydrogens (primary N) is 1. The van der Waals surface area contributed by atoms with Crippen LogP contribution in [0.3, 0.4) is 0 Å². The van der Waals surface area contributed by atoms with Crippen molar-refractivity contribution in [1.29, 1.82) is 5.26 Å². The Hall–Kier alpha value is -1.58. The van der Waals surface area contributed by atoms with Crippen molar-refractivity contribution in [2.45, 2.75) is 6.54 Å². The summed E-state index contributed by atoms with van der Waals surface area (Å²) in [6.07, 6.45) is 0. The zero-order valence-electron chi connectivity index (χ0n) is 9.21. The molecule has 0 radical (unpaired) electrons. The molecule has 0 fully saturated rings. The summed E-state index contributed by atoms with van der Waals surface area (Å²) in [5, 5.41) is 12.6. The van der Waals surface area contributed by atoms with Gasteiger partial charge in [-0.25, -0.2) is 4.39 Å². The lowest BCUT2D eigenvalue weighted by molar-refractivity contribution is 0.612. The molecule has 0 saturated heterocycles. The molecule has 0 aliphatic carbocycles. The van der Waals surface area contributed by atoms with E-state index in [1.807, 2.05) is 6.07 Å². The van der Waals surface area contributed by atoms with Crippen molar-refractivity contribution in [1.82, 2.24) is 0 Å². The number of nitrogen functional groups attached to an aromatic ring is 1. The maximum atomic E-state index is 13.5. The Bertz CT molecular complexity index is 618. The maximum Gasteiger partial charge on any atom is 0.129 e. The van der Waals surface area contributed by atoms with Gasteiger partial charge in [0.2, 0.25) is 0 Å². The third-order valence-corrected chi connectivity index (χ3v) is 3.83. The zero-order chi connectivity index (χ0) is 13.1. The van der Waals surface area contributed by atoms with Crippen LogP contribution >= 0.6 is 27.3 Å². The normalized spacial score (nSPS) is 10.1. The number of nitrogens with zero attached hydrogens (tertiary/aromatic N) is 1. The summed E-state index contributed by atoms with van der Waals surface area (Å²) in [5.41, 5.74) is 6.64. The van der Waals surface area contributed by atoms with Crippen LogP contribution in [0.5, 0.6) is 0 Å². The van der Waals surface area contributed by atoms with Gasteiger partial charge in [-0.15, -0.1) is 11.3 Å². The molecule has 0 aliphatic heterocycles. The number of hydrogen-bond acceptors (Lipinski definition) is 4. The van der Waals surface area contributed by atoms with Gasteiger partial charge in [0.1, 0.15) is 16.8 Å². The van der Waals surface area contributed by atoms with Crippen LogP contribution in [0.25, 0.3) is 0 Å². The molecule has 3 N–H and O–H groups in total. The Morgan fingerprint density at radius 2 is 2.22 bits per heavy atom. The lowest BCUT2D eigenvalue weighted by Crippen LogP contribution is -2.00. The number of rotatable bonds is 3. The molecule has 0 amide bonds. The van der Waals surface area contributed by atoms with E-state index >= 15 is 0 Å². The van der Waals surface area contributed by atoms with E-state index in [-0.39, 0.29) is 5.82 Å². The first-order chi connectivity index (χ1) is 8.60. The summed E-state index contributed by atoms with van der Waals surface area (Å²) in [6, 6.07) is 8.45. The standard InChI is InChI=1S/C12H9BrFN3S/c13-8-1-2-9(14)7(3-8)6-17-12-4-10(16)11(5-15)18-12/h1-4,17H,6,16H2. The first-order valence-electron chi connectivity index (χ1n) is 5.07. The molecular formula is C12H9BrFN3S. The van der Waals surface area contributed by atoms with Crippen molar-refractivity contribution >= 4 is 38.0 Å². The van der Waals surface area contributed by atoms with Crippen molar-refractivity contribution in [3.05, 3.63) is 45.0 Å². The number of thiophene rings is 1. The van der Waals surface area contributed by atoms with Crippen LogP contribution in [-0.4, -0.2) is 0 Å². The monoisotopic (exact) mass is 325 g/mol. The summed E-state index contributed by atoms with van der Waals surface area (Å²) in [7, 11) is 0. The number of benzene rings is 1. The lowest BCUT2D eigenvalue weighted by Gasteiger charge is -2.05. The highest BCUT2D eigenvalue weighted by molar-refractivity contribution is 9.10. The molecule has 2 rings (SSSR count). The van der Waals surface area contributed by atoms with Gasteiger partial charge in [0.05, 0.1) is 10.7 Å². The topological polar surface area (TPSA) is 61.8 Å². The molecule has 1 heterocycles. The van der Waals surface area contributed by atoms with Gasteiger partial charge in [0, 0.05) is 16.6 Å². The Kier molecular flexibility index (Phi) is 3.84. The average molecular weight is 326 g/mol. The van der Waals surface area contributed by atoms with Crippen molar-refractivity contribution < 1.29 is 4.39 Å². The third-order valence-electron chi connectivity index (χ3n) is 2.32. The Labute approximate surface area is 116 Å². The predicted molar refractivity (Wildman–Crippen MR) is 74.9 cm³/mol. The second-order valence-corrected chi connectivity index (χ2v) is 5.56. The third kappa shape index (κ3) is 2.81. The summed E-state index contributed by atoms with van der Waals surface area (Å²) < 4.78 is 14.3. The fraction of sp³-hybridized carbons (Fsp3) is 0.0833. The fourth-order valence-electron chi connectivity index (χ4n) is 1.44. The number of nitriles is 1. The van der Waals surface area contributed by atoms with Crippen molar-refractivity contribution in [3.63, 3.8) is 0 Å². The Balaban J connectivity index is 2.11. The zero-order valence-corrected chi connectivity index (χ0v) is 11.6. The van der Waals surface area contributed by atoms with Gasteiger partial charge in [-0.3, -0.25) is 0 Å². The quantitative estimate of drug-likeness (QED) is 0.904. The molecule has 0 atom stereocenters. The van der Waals surface area contributed by atoms with E-state index in [4.69, 9.17) is 11.0 Å². The van der Waals surface area contributed by atoms with Crippen molar-refractivity contribution in [2.24, 2.45) is 0 Å². The first-order valence-corrected chi connectivity index (χ1v) is 6.68. The minimum atomic E-state index is -0.268. The number of halogens is 2. The predicted octanol–water partition coefficient (Wildman–Crippen LogP) is 3.72. The molecule has 0 saturated carbocycles. The summed E-state index contributed by atoms with van der Waals surface area (Å²) >= 11 is 4.55. The van der Waals surface area contributed by atoms with Crippen LogP contribution < -0.4 is 11.1 Å². The average Bonchev–Trinajstić information content (AvgIpc) is 2.71. The lowest BCUT2D eigenvalue weighted by atomic mass is 10.2. The van der Waals surface area contributed by atoms with Gasteiger partial charge in [0.15, 0.2) is 0 Å². The highest BCUT2D eigenvalue weighted by atomic mass is 79.9. The van der Waals surface area contributed by atoms with Crippen LogP contribution in [0.15, 0.2) is 28.7 Å². The minimum Gasteiger partial charge on any atom is -0.397 e. The van der Waals surface area contributed by atoms with E-state index in [0.717, 1.165) is 9.47 Å². The molecule has 1 aromatic carbocycles. The van der Waals surface area contributed by atoms with Gasteiger partial charge in [0.25, 0.3) is 0 Å². The summed E-state index contributed by atoms with van der Waals surface area (Å²) in [6.45, 7) is 0.343. The van der Waals surface area contributed by atoms with E-state index in [9.17, 15) is 4.39 Å². The SMILES string of the molecule is N#Cc1sc(NCc2cc(Br)ccc2F)cc1N. The molecular weight excluding hydrogens is 317 g/mol. The van der Waals surface area contributed by atoms with E-state index in [2.05, 4.69) is 21.2 Å². The van der Waals surface area contributed by atoms with Crippen LogP contribution in [0.1, 0.15) is 10.4 Å². The molecule has 18 heavy (non-hydrogen) atoms. The van der Waals surface area contributed by atoms with Crippen LogP contribution in [0.4, 0.5) is 15.1 Å². The second kappa shape index (κ2) is 5.38. The largest absolute Gasteiger partial charge is 0.397 e. The van der Waals surface area contributed by atoms with Gasteiger partial charge < -0.3 is 11.1 Å². The molecule has 6 heteroatoms. The van der Waals surface area contributed by atoms with E-state index in [1.54, 1.807) is 18.2 Å². The van der Waals surface area contributed by atoms with Crippen molar-refractivity contribution in [2.75, 3.05) is 11.1 Å². The van der Waals surface area contributed by atoms with Gasteiger partial charge in [-0.2, -0.15) is 5.26 Å². The van der Waals surface area contributed by atoms with Crippen LogP contribution in [0, 0.1) is 17.1 Å². The molecule has 2 aromatic rings. The number of anilines is 2. The fourth-order valence-corrected chi connectivity index (χ4v) is 2.62. The van der Waals surface area contributed by atoms with Crippen molar-refractivity contribution in [3.8, 4) is 6.07 Å². The highest BCUT2D eigenvalue weighted by Gasteiger charge is 2.07. The molecule has 0 aliphatic rings. The number of hydrogen-bond donors (Lipinski definition) is 2. The van der Waals surface area contributed by atoms with Crippen LogP contribution in [-0.2, 0) is 6.54 Å².